The van der Waals surface area contributed by atoms with Crippen LogP contribution in [0, 0.1) is 0 Å². The maximum absolute atomic E-state index is 4.28. The Morgan fingerprint density at radius 3 is 1.30 bits per heavy atom. The zero-order valence-electron chi connectivity index (χ0n) is 6.29. The highest BCUT2D eigenvalue weighted by molar-refractivity contribution is 4.78. The molecule has 0 saturated heterocycles. The van der Waals surface area contributed by atoms with Gasteiger partial charge in [-0.3, -0.25) is 0 Å². The lowest BCUT2D eigenvalue weighted by Crippen LogP contribution is -2.18. The summed E-state index contributed by atoms with van der Waals surface area (Å²) in [4.78, 5) is 0. The van der Waals surface area contributed by atoms with Crippen molar-refractivity contribution < 1.29 is 0 Å². The van der Waals surface area contributed by atoms with Gasteiger partial charge in [-0.25, -0.2) is 0 Å². The van der Waals surface area contributed by atoms with Crippen LogP contribution in [0.4, 0.5) is 0 Å². The van der Waals surface area contributed by atoms with E-state index in [1.807, 2.05) is 0 Å². The van der Waals surface area contributed by atoms with E-state index in [1.165, 1.54) is 38.5 Å². The topological polar surface area (TPSA) is 24.7 Å². The van der Waals surface area contributed by atoms with Gasteiger partial charge in [0, 0.05) is 0 Å². The fourth-order valence-corrected chi connectivity index (χ4v) is 1.19. The zero-order chi connectivity index (χ0) is 6.81. The third-order valence-corrected chi connectivity index (χ3v) is 2.54. The van der Waals surface area contributed by atoms with Gasteiger partial charge in [0.25, 0.3) is 0 Å². The first-order valence-electron chi connectivity index (χ1n) is 4.35. The second-order valence-corrected chi connectivity index (χ2v) is 3.40. The predicted molar refractivity (Wildman–Crippen MR) is 40.1 cm³/mol. The second-order valence-electron chi connectivity index (χ2n) is 3.40. The zero-order valence-corrected chi connectivity index (χ0v) is 6.29. The first kappa shape index (κ1) is 6.32. The van der Waals surface area contributed by atoms with Crippen LogP contribution in [0.1, 0.15) is 38.5 Å². The van der Waals surface area contributed by atoms with Gasteiger partial charge in [-0.2, -0.15) is 10.2 Å². The van der Waals surface area contributed by atoms with Crippen molar-refractivity contribution in [2.75, 3.05) is 0 Å². The summed E-state index contributed by atoms with van der Waals surface area (Å²) in [6.45, 7) is 0. The monoisotopic (exact) mass is 138 g/mol. The van der Waals surface area contributed by atoms with Gasteiger partial charge in [-0.1, -0.05) is 0 Å². The van der Waals surface area contributed by atoms with Gasteiger partial charge in [0.15, 0.2) is 0 Å². The van der Waals surface area contributed by atoms with Crippen molar-refractivity contribution in [3.8, 4) is 0 Å². The Labute approximate surface area is 61.7 Å². The molecule has 10 heavy (non-hydrogen) atoms. The highest BCUT2D eigenvalue weighted by Gasteiger charge is 2.19. The van der Waals surface area contributed by atoms with Gasteiger partial charge < -0.3 is 0 Å². The molecule has 0 bridgehead atoms. The summed E-state index contributed by atoms with van der Waals surface area (Å²) >= 11 is 0. The van der Waals surface area contributed by atoms with Crippen LogP contribution in [0.25, 0.3) is 0 Å². The standard InChI is InChI=1S/C8H14N2/c1-3-7(4-1)9-10-8-5-2-6-8/h7-8H,1-6H2/b10-9+. The molecule has 2 aliphatic carbocycles. The van der Waals surface area contributed by atoms with Gasteiger partial charge in [0.05, 0.1) is 12.1 Å². The Balaban J connectivity index is 1.70. The van der Waals surface area contributed by atoms with Gasteiger partial charge >= 0.3 is 0 Å². The van der Waals surface area contributed by atoms with Crippen molar-refractivity contribution in [3.63, 3.8) is 0 Å². The van der Waals surface area contributed by atoms with E-state index in [-0.39, 0.29) is 0 Å². The highest BCUT2D eigenvalue weighted by Crippen LogP contribution is 2.26. The predicted octanol–water partition coefficient (Wildman–Crippen LogP) is 2.54. The van der Waals surface area contributed by atoms with E-state index in [4.69, 9.17) is 0 Å². The van der Waals surface area contributed by atoms with Crippen LogP contribution in [0.15, 0.2) is 10.2 Å². The molecule has 0 atom stereocenters. The SMILES string of the molecule is C1CC(/N=N/C2CCC2)C1. The molecule has 0 unspecified atom stereocenters. The van der Waals surface area contributed by atoms with Crippen molar-refractivity contribution in [1.82, 2.24) is 0 Å². The second kappa shape index (κ2) is 2.69. The van der Waals surface area contributed by atoms with Crippen molar-refractivity contribution in [3.05, 3.63) is 0 Å². The Morgan fingerprint density at radius 2 is 1.10 bits per heavy atom. The molecule has 0 aromatic heterocycles. The first-order valence-corrected chi connectivity index (χ1v) is 4.35. The van der Waals surface area contributed by atoms with Crippen LogP contribution < -0.4 is 0 Å². The minimum absolute atomic E-state index is 0.612. The molecular weight excluding hydrogens is 124 g/mol. The smallest absolute Gasteiger partial charge is 0.0708 e. The van der Waals surface area contributed by atoms with E-state index in [0.717, 1.165) is 0 Å². The van der Waals surface area contributed by atoms with Gasteiger partial charge in [-0.05, 0) is 38.5 Å². The van der Waals surface area contributed by atoms with Gasteiger partial charge in [-0.15, -0.1) is 0 Å². The van der Waals surface area contributed by atoms with Crippen LogP contribution in [0.3, 0.4) is 0 Å². The average molecular weight is 138 g/mol. The molecule has 0 heterocycles. The highest BCUT2D eigenvalue weighted by atomic mass is 15.1. The number of rotatable bonds is 2. The van der Waals surface area contributed by atoms with Crippen LogP contribution in [0.5, 0.6) is 0 Å². The molecule has 0 aromatic rings. The number of hydrogen-bond donors (Lipinski definition) is 0. The molecule has 0 N–H and O–H groups in total. The van der Waals surface area contributed by atoms with Gasteiger partial charge in [0.1, 0.15) is 0 Å². The number of nitrogens with zero attached hydrogens (tertiary/aromatic N) is 2. The van der Waals surface area contributed by atoms with E-state index in [2.05, 4.69) is 10.2 Å². The molecule has 2 nitrogen and oxygen atoms in total. The van der Waals surface area contributed by atoms with Crippen LogP contribution in [-0.2, 0) is 0 Å². The van der Waals surface area contributed by atoms with E-state index in [9.17, 15) is 0 Å². The van der Waals surface area contributed by atoms with Gasteiger partial charge in [0.2, 0.25) is 0 Å². The number of hydrogen-bond acceptors (Lipinski definition) is 2. The minimum atomic E-state index is 0.612. The molecule has 0 aromatic carbocycles. The average Bonchev–Trinajstić information content (AvgIpc) is 1.70. The summed E-state index contributed by atoms with van der Waals surface area (Å²) < 4.78 is 0. The molecule has 2 fully saturated rings. The van der Waals surface area contributed by atoms with Crippen molar-refractivity contribution >= 4 is 0 Å². The Kier molecular flexibility index (Phi) is 1.70. The maximum Gasteiger partial charge on any atom is 0.0708 e. The molecule has 0 radical (unpaired) electrons. The summed E-state index contributed by atoms with van der Waals surface area (Å²) in [6.07, 6.45) is 7.89. The van der Waals surface area contributed by atoms with E-state index in [1.54, 1.807) is 0 Å². The molecule has 2 saturated carbocycles. The Bertz CT molecular complexity index is 118. The Hall–Kier alpha value is -0.400. The van der Waals surface area contributed by atoms with Crippen molar-refractivity contribution in [2.45, 2.75) is 50.6 Å². The lowest BCUT2D eigenvalue weighted by atomic mass is 9.93. The van der Waals surface area contributed by atoms with Crippen molar-refractivity contribution in [1.29, 1.82) is 0 Å². The molecule has 56 valence electrons. The lowest BCUT2D eigenvalue weighted by Gasteiger charge is -2.23. The molecule has 2 rings (SSSR count). The quantitative estimate of drug-likeness (QED) is 0.524. The van der Waals surface area contributed by atoms with Crippen LogP contribution in [-0.4, -0.2) is 12.1 Å². The summed E-state index contributed by atoms with van der Waals surface area (Å²) in [5.74, 6) is 0. The van der Waals surface area contributed by atoms with Crippen molar-refractivity contribution in [2.24, 2.45) is 10.2 Å². The summed E-state index contributed by atoms with van der Waals surface area (Å²) in [5.41, 5.74) is 0. The largest absolute Gasteiger partial charge is 0.191 e. The minimum Gasteiger partial charge on any atom is -0.191 e. The fourth-order valence-electron chi connectivity index (χ4n) is 1.19. The van der Waals surface area contributed by atoms with E-state index in [0.29, 0.717) is 12.1 Å². The molecule has 0 spiro atoms. The van der Waals surface area contributed by atoms with Crippen LogP contribution in [0.2, 0.25) is 0 Å². The van der Waals surface area contributed by atoms with E-state index < -0.39 is 0 Å². The maximum atomic E-state index is 4.28. The summed E-state index contributed by atoms with van der Waals surface area (Å²) in [6, 6.07) is 1.22. The first-order chi connectivity index (χ1) is 4.95. The van der Waals surface area contributed by atoms with Crippen LogP contribution >= 0.6 is 0 Å². The molecular formula is C8H14N2. The summed E-state index contributed by atoms with van der Waals surface area (Å²) in [5, 5.41) is 8.55. The Morgan fingerprint density at radius 1 is 0.700 bits per heavy atom. The lowest BCUT2D eigenvalue weighted by molar-refractivity contribution is 0.356. The molecule has 0 amide bonds. The molecule has 2 aliphatic rings. The number of azo groups is 1. The summed E-state index contributed by atoms with van der Waals surface area (Å²) in [7, 11) is 0. The molecule has 2 heteroatoms. The third kappa shape index (κ3) is 1.20. The normalized spacial score (nSPS) is 28.4. The molecule has 0 aliphatic heterocycles. The third-order valence-electron chi connectivity index (χ3n) is 2.54. The fraction of sp³-hybridized carbons (Fsp3) is 1.00. The van der Waals surface area contributed by atoms with E-state index >= 15 is 0 Å².